The zero-order valence-electron chi connectivity index (χ0n) is 5.99. The Bertz CT molecular complexity index is 347. The van der Waals surface area contributed by atoms with Crippen LogP contribution in [0.15, 0.2) is 33.6 Å². The molecule has 0 N–H and O–H groups in total. The van der Waals surface area contributed by atoms with Crippen LogP contribution in [0.3, 0.4) is 0 Å². The van der Waals surface area contributed by atoms with E-state index in [0.717, 1.165) is 6.07 Å². The second-order valence-electron chi connectivity index (χ2n) is 2.43. The fraction of sp³-hybridized carbons (Fsp3) is 0.143. The predicted molar refractivity (Wildman–Crippen MR) is 57.0 cm³/mol. The van der Waals surface area contributed by atoms with Crippen LogP contribution in [0, 0.1) is 0 Å². The van der Waals surface area contributed by atoms with E-state index in [1.54, 1.807) is 0 Å². The maximum absolute atomic E-state index is 12.5. The zero-order valence-corrected chi connectivity index (χ0v) is 9.14. The highest BCUT2D eigenvalue weighted by atomic mass is 79.9. The van der Waals surface area contributed by atoms with Crippen LogP contribution in [0.4, 0.5) is 15.5 Å². The molecular weight excluding hydrogens is 307 g/mol. The molecule has 0 fully saturated rings. The first-order valence-corrected chi connectivity index (χ1v) is 6.66. The molecule has 0 heterocycles. The first-order valence-electron chi connectivity index (χ1n) is 2.99. The lowest BCUT2D eigenvalue weighted by atomic mass is 10.4. The highest BCUT2D eigenvalue weighted by Crippen LogP contribution is 3.04. The van der Waals surface area contributed by atoms with E-state index in [2.05, 4.69) is 26.6 Å². The molecule has 0 atom stereocenters. The molecule has 84 valence electrons. The van der Waals surface area contributed by atoms with Crippen molar-refractivity contribution in [1.29, 1.82) is 0 Å². The van der Waals surface area contributed by atoms with Crippen molar-refractivity contribution in [3.05, 3.63) is 28.7 Å². The van der Waals surface area contributed by atoms with E-state index < -0.39 is 13.9 Å². The smallest absolute Gasteiger partial charge is 0.107 e. The number of hydrogen-bond acceptors (Lipinski definition) is 0. The molecule has 0 nitrogen and oxygen atoms in total. The van der Waals surface area contributed by atoms with Crippen molar-refractivity contribution in [2.45, 2.75) is 12.3 Å². The molecular formula is C7H8BrClF4S. The molecule has 0 amide bonds. The third-order valence-corrected chi connectivity index (χ3v) is 3.41. The van der Waals surface area contributed by atoms with Gasteiger partial charge in [0.25, 0.3) is 9.05 Å². The monoisotopic (exact) mass is 314 g/mol. The van der Waals surface area contributed by atoms with E-state index >= 15 is 0 Å². The molecule has 0 aromatic heterocycles. The summed E-state index contributed by atoms with van der Waals surface area (Å²) in [6.45, 7) is 0. The van der Waals surface area contributed by atoms with E-state index in [9.17, 15) is 15.5 Å². The molecule has 7 heteroatoms. The van der Waals surface area contributed by atoms with E-state index in [0.29, 0.717) is 12.1 Å². The van der Waals surface area contributed by atoms with Gasteiger partial charge in [-0.15, -0.1) is 15.5 Å². The van der Waals surface area contributed by atoms with Crippen molar-refractivity contribution in [1.82, 2.24) is 0 Å². The van der Waals surface area contributed by atoms with Crippen LogP contribution in [-0.4, -0.2) is 0 Å². The molecule has 1 aromatic carbocycles. The van der Waals surface area contributed by atoms with Crippen LogP contribution in [0.5, 0.6) is 0 Å². The Balaban J connectivity index is 0.00000169. The first kappa shape index (κ1) is 14.1. The van der Waals surface area contributed by atoms with Gasteiger partial charge in [0.15, 0.2) is 0 Å². The van der Waals surface area contributed by atoms with Crippen LogP contribution >= 0.6 is 35.7 Å². The predicted octanol–water partition coefficient (Wildman–Crippen LogP) is 6.01. The molecule has 1 rings (SSSR count). The van der Waals surface area contributed by atoms with Gasteiger partial charge >= 0.3 is 0 Å². The van der Waals surface area contributed by atoms with Crippen LogP contribution in [0.2, 0.25) is 0 Å². The van der Waals surface area contributed by atoms with Gasteiger partial charge in [-0.2, -0.15) is 0 Å². The Morgan fingerprint density at radius 3 is 1.93 bits per heavy atom. The van der Waals surface area contributed by atoms with Gasteiger partial charge in [0.1, 0.15) is 0 Å². The lowest BCUT2D eigenvalue weighted by molar-refractivity contribution is 0.480. The van der Waals surface area contributed by atoms with E-state index in [1.807, 2.05) is 0 Å². The Hall–Kier alpha value is 0.0600. The van der Waals surface area contributed by atoms with Crippen LogP contribution in [0.1, 0.15) is 7.43 Å². The van der Waals surface area contributed by atoms with E-state index in [1.165, 1.54) is 6.07 Å². The summed E-state index contributed by atoms with van der Waals surface area (Å²) in [6.07, 6.45) is 0. The molecule has 0 aliphatic heterocycles. The van der Waals surface area contributed by atoms with Crippen molar-refractivity contribution in [2.75, 3.05) is 0 Å². The summed E-state index contributed by atoms with van der Waals surface area (Å²) in [5.41, 5.74) is 0. The third-order valence-electron chi connectivity index (χ3n) is 1.24. The van der Waals surface area contributed by atoms with Crippen molar-refractivity contribution in [3.8, 4) is 0 Å². The molecule has 0 unspecified atom stereocenters. The second-order valence-corrected chi connectivity index (χ2v) is 7.61. The molecule has 14 heavy (non-hydrogen) atoms. The fourth-order valence-electron chi connectivity index (χ4n) is 0.707. The van der Waals surface area contributed by atoms with Gasteiger partial charge < -0.3 is 0 Å². The highest BCUT2D eigenvalue weighted by Gasteiger charge is 2.62. The molecule has 0 aliphatic rings. The van der Waals surface area contributed by atoms with Gasteiger partial charge in [-0.25, -0.2) is 0 Å². The maximum atomic E-state index is 12.5. The third kappa shape index (κ3) is 3.67. The van der Waals surface area contributed by atoms with Crippen molar-refractivity contribution >= 4 is 35.7 Å². The lowest BCUT2D eigenvalue weighted by Crippen LogP contribution is -2.03. The molecule has 0 radical (unpaired) electrons. The fourth-order valence-corrected chi connectivity index (χ4v) is 2.23. The van der Waals surface area contributed by atoms with Gasteiger partial charge in [0, 0.05) is 15.2 Å². The highest BCUT2D eigenvalue weighted by molar-refractivity contribution is 9.10. The Morgan fingerprint density at radius 2 is 1.64 bits per heavy atom. The lowest BCUT2D eigenvalue weighted by Gasteiger charge is -2.42. The topological polar surface area (TPSA) is 0 Å². The summed E-state index contributed by atoms with van der Waals surface area (Å²) in [7, 11) is -4.45. The number of halogens is 6. The van der Waals surface area contributed by atoms with Gasteiger partial charge in [0.2, 0.25) is 0 Å². The summed E-state index contributed by atoms with van der Waals surface area (Å²) in [6, 6.07) is 3.62. The van der Waals surface area contributed by atoms with Crippen LogP contribution < -0.4 is 0 Å². The number of hydrogen-bond donors (Lipinski definition) is 0. The summed E-state index contributed by atoms with van der Waals surface area (Å²) < 4.78 is 50.3. The minimum absolute atomic E-state index is 0. The Kier molecular flexibility index (Phi) is 3.04. The summed E-state index contributed by atoms with van der Waals surface area (Å²) >= 11 is 2.80. The van der Waals surface area contributed by atoms with Crippen LogP contribution in [0.25, 0.3) is 0 Å². The largest absolute Gasteiger partial charge is 0.253 e. The summed E-state index contributed by atoms with van der Waals surface area (Å²) in [5, 5.41) is 0. The molecule has 1 aromatic rings. The SMILES string of the molecule is C.FS(F)(F)(F)(Cl)c1cccc(Br)c1. The van der Waals surface area contributed by atoms with E-state index in [-0.39, 0.29) is 11.9 Å². The maximum Gasteiger partial charge on any atom is 0.253 e. The average molecular weight is 316 g/mol. The zero-order chi connectivity index (χ0) is 10.4. The number of rotatable bonds is 1. The minimum atomic E-state index is -8.52. The summed E-state index contributed by atoms with van der Waals surface area (Å²) in [4.78, 5) is -1.45. The molecule has 0 aliphatic carbocycles. The summed E-state index contributed by atoms with van der Waals surface area (Å²) in [5.74, 6) is 0. The van der Waals surface area contributed by atoms with Gasteiger partial charge in [-0.3, -0.25) is 0 Å². The number of benzene rings is 1. The molecule has 0 saturated heterocycles. The van der Waals surface area contributed by atoms with Gasteiger partial charge in [-0.05, 0) is 18.2 Å². The molecule has 0 bridgehead atoms. The first-order chi connectivity index (χ1) is 5.49. The van der Waals surface area contributed by atoms with Crippen molar-refractivity contribution < 1.29 is 15.5 Å². The minimum Gasteiger partial charge on any atom is -0.107 e. The second kappa shape index (κ2) is 3.02. The normalized spacial score (nSPS) is 16.4. The van der Waals surface area contributed by atoms with Crippen LogP contribution in [-0.2, 0) is 0 Å². The average Bonchev–Trinajstić information content (AvgIpc) is 1.82. The quantitative estimate of drug-likeness (QED) is 0.557. The van der Waals surface area contributed by atoms with Gasteiger partial charge in [0.05, 0.1) is 4.90 Å². The standard InChI is InChI=1S/C6H4BrClF4S.CH4/c7-5-2-1-3-6(4-5)13(8,9,10,11)12;/h1-4H;1H4. The van der Waals surface area contributed by atoms with Gasteiger partial charge in [-0.1, -0.05) is 29.4 Å². The molecule has 0 spiro atoms. The van der Waals surface area contributed by atoms with Crippen molar-refractivity contribution in [3.63, 3.8) is 0 Å². The van der Waals surface area contributed by atoms with E-state index in [4.69, 9.17) is 0 Å². The molecule has 0 saturated carbocycles. The Labute approximate surface area is 92.3 Å². The Morgan fingerprint density at radius 1 is 1.14 bits per heavy atom. The van der Waals surface area contributed by atoms with Crippen molar-refractivity contribution in [2.24, 2.45) is 0 Å².